The fourth-order valence-electron chi connectivity index (χ4n) is 3.69. The van der Waals surface area contributed by atoms with E-state index in [0.29, 0.717) is 19.8 Å². The Morgan fingerprint density at radius 2 is 1.86 bits per heavy atom. The Morgan fingerprint density at radius 3 is 2.52 bits per heavy atom. The van der Waals surface area contributed by atoms with Crippen LogP contribution in [0.15, 0.2) is 54.6 Å². The van der Waals surface area contributed by atoms with Gasteiger partial charge in [0, 0.05) is 59.5 Å². The van der Waals surface area contributed by atoms with E-state index in [1.54, 1.807) is 21.2 Å². The highest BCUT2D eigenvalue weighted by Crippen LogP contribution is 2.36. The summed E-state index contributed by atoms with van der Waals surface area (Å²) in [6.45, 7) is 1.89. The molecule has 0 saturated carbocycles. The molecule has 1 saturated heterocycles. The van der Waals surface area contributed by atoms with E-state index in [1.165, 1.54) is 4.90 Å². The number of rotatable bonds is 7. The molecule has 29 heavy (non-hydrogen) atoms. The van der Waals surface area contributed by atoms with Crippen molar-refractivity contribution in [2.45, 2.75) is 24.5 Å². The van der Waals surface area contributed by atoms with E-state index in [-0.39, 0.29) is 17.7 Å². The highest BCUT2D eigenvalue weighted by Gasteiger charge is 2.34. The van der Waals surface area contributed by atoms with E-state index in [1.807, 2.05) is 24.3 Å². The number of benzene rings is 2. The van der Waals surface area contributed by atoms with E-state index in [0.717, 1.165) is 29.7 Å². The van der Waals surface area contributed by atoms with Crippen LogP contribution in [-0.2, 0) is 15.1 Å². The summed E-state index contributed by atoms with van der Waals surface area (Å²) >= 11 is 0. The molecule has 2 aromatic rings. The molecule has 2 aromatic carbocycles. The Balaban J connectivity index is 1.81. The van der Waals surface area contributed by atoms with Gasteiger partial charge in [-0.3, -0.25) is 0 Å². The lowest BCUT2D eigenvalue weighted by Gasteiger charge is -2.36. The molecule has 0 aromatic heterocycles. The minimum absolute atomic E-state index is 0.0523. The molecule has 0 bridgehead atoms. The van der Waals surface area contributed by atoms with Gasteiger partial charge in [0.25, 0.3) is 0 Å². The molecule has 1 unspecified atom stereocenters. The van der Waals surface area contributed by atoms with Crippen molar-refractivity contribution in [1.82, 2.24) is 10.2 Å². The Kier molecular flexibility index (Phi) is 7.12. The van der Waals surface area contributed by atoms with Gasteiger partial charge < -0.3 is 25.0 Å². The first-order valence-electron chi connectivity index (χ1n) is 10.0. The van der Waals surface area contributed by atoms with Gasteiger partial charge in [-0.05, 0) is 23.3 Å². The molecule has 156 valence electrons. The van der Waals surface area contributed by atoms with E-state index in [4.69, 9.17) is 9.47 Å². The second kappa shape index (κ2) is 9.76. The molecular weight excluding hydrogens is 366 g/mol. The fourth-order valence-corrected chi connectivity index (χ4v) is 3.69. The molecule has 3 rings (SSSR count). The Labute approximate surface area is 173 Å². The van der Waals surface area contributed by atoms with Crippen LogP contribution in [0.3, 0.4) is 0 Å². The molecule has 1 aliphatic rings. The zero-order valence-corrected chi connectivity index (χ0v) is 17.5. The summed E-state index contributed by atoms with van der Waals surface area (Å²) in [5.74, 6) is 0. The van der Waals surface area contributed by atoms with Gasteiger partial charge >= 0.3 is 6.03 Å². The number of ether oxygens (including phenoxy) is 2. The quantitative estimate of drug-likeness (QED) is 0.747. The topological polar surface area (TPSA) is 62.8 Å². The van der Waals surface area contributed by atoms with E-state index < -0.39 is 0 Å². The summed E-state index contributed by atoms with van der Waals surface area (Å²) in [6, 6.07) is 18.4. The molecule has 1 heterocycles. The van der Waals surface area contributed by atoms with Crippen LogP contribution in [0.2, 0.25) is 0 Å². The van der Waals surface area contributed by atoms with Gasteiger partial charge in [0.05, 0.1) is 11.6 Å². The van der Waals surface area contributed by atoms with Crippen molar-refractivity contribution in [2.75, 3.05) is 46.3 Å². The summed E-state index contributed by atoms with van der Waals surface area (Å²) < 4.78 is 11.5. The van der Waals surface area contributed by atoms with E-state index in [9.17, 15) is 4.79 Å². The van der Waals surface area contributed by atoms with Gasteiger partial charge in [0.1, 0.15) is 0 Å². The molecule has 0 spiro atoms. The molecule has 0 radical (unpaired) electrons. The molecule has 6 heteroatoms. The number of hydrogen-bond donors (Lipinski definition) is 2. The van der Waals surface area contributed by atoms with Crippen molar-refractivity contribution in [3.63, 3.8) is 0 Å². The maximum Gasteiger partial charge on any atom is 0.316 e. The minimum atomic E-state index is -0.308. The average molecular weight is 398 g/mol. The van der Waals surface area contributed by atoms with Crippen LogP contribution >= 0.6 is 0 Å². The number of hydrogen-bond acceptors (Lipinski definition) is 4. The molecule has 2 N–H and O–H groups in total. The third kappa shape index (κ3) is 5.28. The van der Waals surface area contributed by atoms with Crippen LogP contribution in [0, 0.1) is 0 Å². The number of nitrogens with zero attached hydrogens (tertiary/aromatic N) is 1. The summed E-state index contributed by atoms with van der Waals surface area (Å²) in [4.78, 5) is 13.6. The van der Waals surface area contributed by atoms with Gasteiger partial charge in [-0.25, -0.2) is 4.79 Å². The summed E-state index contributed by atoms with van der Waals surface area (Å²) in [5.41, 5.74) is 2.96. The van der Waals surface area contributed by atoms with Crippen molar-refractivity contribution >= 4 is 11.7 Å². The number of carbonyl (C=O) groups excluding carboxylic acids is 1. The first kappa shape index (κ1) is 21.1. The van der Waals surface area contributed by atoms with Gasteiger partial charge in [-0.1, -0.05) is 42.5 Å². The van der Waals surface area contributed by atoms with Gasteiger partial charge in [-0.15, -0.1) is 0 Å². The predicted octanol–water partition coefficient (Wildman–Crippen LogP) is 3.76. The second-order valence-electron chi connectivity index (χ2n) is 7.58. The van der Waals surface area contributed by atoms with Crippen LogP contribution in [0.1, 0.15) is 30.0 Å². The Hall–Kier alpha value is -2.57. The standard InChI is InChI=1S/C23H31N3O3/c1-26(2)22(27)24-17-21(18-8-5-4-6-9-18)25-20-11-7-10-19(16-20)23(28-3)12-14-29-15-13-23/h4-11,16,21,25H,12-15,17H2,1-3H3,(H,24,27). The maximum absolute atomic E-state index is 12.0. The molecule has 1 atom stereocenters. The molecule has 6 nitrogen and oxygen atoms in total. The zero-order chi connectivity index (χ0) is 20.7. The van der Waals surface area contributed by atoms with Crippen molar-refractivity contribution in [2.24, 2.45) is 0 Å². The Morgan fingerprint density at radius 1 is 1.14 bits per heavy atom. The molecule has 1 fully saturated rings. The van der Waals surface area contributed by atoms with Crippen LogP contribution in [0.25, 0.3) is 0 Å². The largest absolute Gasteiger partial charge is 0.381 e. The second-order valence-corrected chi connectivity index (χ2v) is 7.58. The average Bonchev–Trinajstić information content (AvgIpc) is 2.77. The third-order valence-corrected chi connectivity index (χ3v) is 5.49. The van der Waals surface area contributed by atoms with Crippen molar-refractivity contribution in [3.8, 4) is 0 Å². The number of amides is 2. The van der Waals surface area contributed by atoms with Crippen LogP contribution in [-0.4, -0.2) is 51.9 Å². The number of nitrogens with one attached hydrogen (secondary N) is 2. The lowest BCUT2D eigenvalue weighted by Crippen LogP contribution is -2.38. The third-order valence-electron chi connectivity index (χ3n) is 5.49. The molecule has 1 aliphatic heterocycles. The lowest BCUT2D eigenvalue weighted by molar-refractivity contribution is -0.0947. The number of methoxy groups -OCH3 is 1. The van der Waals surface area contributed by atoms with Crippen molar-refractivity contribution in [1.29, 1.82) is 0 Å². The highest BCUT2D eigenvalue weighted by molar-refractivity contribution is 5.73. The van der Waals surface area contributed by atoms with Crippen LogP contribution in [0.5, 0.6) is 0 Å². The van der Waals surface area contributed by atoms with E-state index in [2.05, 4.69) is 41.0 Å². The number of urea groups is 1. The predicted molar refractivity (Wildman–Crippen MR) is 115 cm³/mol. The smallest absolute Gasteiger partial charge is 0.316 e. The Bertz CT molecular complexity index is 789. The summed E-state index contributed by atoms with van der Waals surface area (Å²) in [7, 11) is 5.25. The number of anilines is 1. The molecule has 2 amide bonds. The monoisotopic (exact) mass is 397 g/mol. The molecule has 0 aliphatic carbocycles. The zero-order valence-electron chi connectivity index (χ0n) is 17.5. The van der Waals surface area contributed by atoms with Crippen molar-refractivity contribution in [3.05, 3.63) is 65.7 Å². The van der Waals surface area contributed by atoms with E-state index >= 15 is 0 Å². The first-order valence-corrected chi connectivity index (χ1v) is 10.0. The SMILES string of the molecule is COC1(c2cccc(NC(CNC(=O)N(C)C)c3ccccc3)c2)CCOCC1. The summed E-state index contributed by atoms with van der Waals surface area (Å²) in [5, 5.41) is 6.57. The minimum Gasteiger partial charge on any atom is -0.381 e. The normalized spacial score (nSPS) is 16.7. The number of carbonyl (C=O) groups is 1. The van der Waals surface area contributed by atoms with Crippen molar-refractivity contribution < 1.29 is 14.3 Å². The fraction of sp³-hybridized carbons (Fsp3) is 0.435. The lowest BCUT2D eigenvalue weighted by atomic mass is 9.86. The summed E-state index contributed by atoms with van der Waals surface area (Å²) in [6.07, 6.45) is 1.68. The van der Waals surface area contributed by atoms with Crippen LogP contribution in [0.4, 0.5) is 10.5 Å². The molecular formula is C23H31N3O3. The van der Waals surface area contributed by atoms with Gasteiger partial charge in [0.2, 0.25) is 0 Å². The maximum atomic E-state index is 12.0. The highest BCUT2D eigenvalue weighted by atomic mass is 16.5. The van der Waals surface area contributed by atoms with Gasteiger partial charge in [-0.2, -0.15) is 0 Å². The van der Waals surface area contributed by atoms with Crippen LogP contribution < -0.4 is 10.6 Å². The first-order chi connectivity index (χ1) is 14.0. The van der Waals surface area contributed by atoms with Gasteiger partial charge in [0.15, 0.2) is 0 Å².